The first-order valence-electron chi connectivity index (χ1n) is 7.00. The first kappa shape index (κ1) is 15.8. The summed E-state index contributed by atoms with van der Waals surface area (Å²) in [7, 11) is 0. The van der Waals surface area contributed by atoms with Crippen molar-refractivity contribution >= 4 is 22.8 Å². The molecule has 2 N–H and O–H groups in total. The quantitative estimate of drug-likeness (QED) is 0.661. The molecule has 2 rings (SSSR count). The number of aromatic nitrogens is 1. The van der Waals surface area contributed by atoms with Crippen molar-refractivity contribution in [1.29, 1.82) is 0 Å². The lowest BCUT2D eigenvalue weighted by atomic mass is 10.1. The van der Waals surface area contributed by atoms with Crippen molar-refractivity contribution in [2.24, 2.45) is 0 Å². The van der Waals surface area contributed by atoms with E-state index in [1.165, 1.54) is 0 Å². The average Bonchev–Trinajstić information content (AvgIpc) is 2.46. The van der Waals surface area contributed by atoms with Crippen LogP contribution in [0, 0.1) is 13.8 Å². The molecule has 0 aliphatic heterocycles. The smallest absolute Gasteiger partial charge is 0.396 e. The maximum Gasteiger partial charge on any atom is 0.396 e. The third-order valence-corrected chi connectivity index (χ3v) is 3.27. The van der Waals surface area contributed by atoms with Crippen molar-refractivity contribution in [3.05, 3.63) is 45.2 Å². The molecule has 1 heterocycles. The predicted octanol–water partition coefficient (Wildman–Crippen LogP) is 1.32. The summed E-state index contributed by atoms with van der Waals surface area (Å²) < 4.78 is 4.59. The normalized spacial score (nSPS) is 10.5. The zero-order valence-electron chi connectivity index (χ0n) is 12.8. The van der Waals surface area contributed by atoms with Gasteiger partial charge in [0.1, 0.15) is 0 Å². The van der Waals surface area contributed by atoms with Gasteiger partial charge in [0.05, 0.1) is 12.1 Å². The Balaban J connectivity index is 2.25. The summed E-state index contributed by atoms with van der Waals surface area (Å²) in [5.41, 5.74) is 2.93. The number of pyridine rings is 1. The minimum absolute atomic E-state index is 0.0318. The number of rotatable bonds is 3. The van der Waals surface area contributed by atoms with Crippen LogP contribution in [-0.2, 0) is 20.9 Å². The zero-order valence-corrected chi connectivity index (χ0v) is 12.8. The molecule has 6 nitrogen and oxygen atoms in total. The largest absolute Gasteiger partial charge is 0.459 e. The second-order valence-corrected chi connectivity index (χ2v) is 5.07. The first-order chi connectivity index (χ1) is 10.4. The lowest BCUT2D eigenvalue weighted by molar-refractivity contribution is -0.154. The highest BCUT2D eigenvalue weighted by atomic mass is 16.5. The van der Waals surface area contributed by atoms with Crippen LogP contribution < -0.4 is 10.9 Å². The lowest BCUT2D eigenvalue weighted by Gasteiger charge is -2.08. The van der Waals surface area contributed by atoms with Crippen LogP contribution in [0.25, 0.3) is 10.9 Å². The van der Waals surface area contributed by atoms with Crippen molar-refractivity contribution < 1.29 is 14.3 Å². The highest BCUT2D eigenvalue weighted by Crippen LogP contribution is 2.17. The Morgan fingerprint density at radius 1 is 1.23 bits per heavy atom. The number of aromatic amines is 1. The van der Waals surface area contributed by atoms with E-state index in [4.69, 9.17) is 0 Å². The first-order valence-corrected chi connectivity index (χ1v) is 7.00. The molecule has 6 heteroatoms. The molecule has 0 radical (unpaired) electrons. The lowest BCUT2D eigenvalue weighted by Crippen LogP contribution is -2.33. The molecule has 1 amide bonds. The number of carbonyl (C=O) groups excluding carboxylic acids is 2. The Hall–Kier alpha value is -2.63. The van der Waals surface area contributed by atoms with Crippen molar-refractivity contribution in [1.82, 2.24) is 10.3 Å². The summed E-state index contributed by atoms with van der Waals surface area (Å²) in [5.74, 6) is -1.81. The summed E-state index contributed by atoms with van der Waals surface area (Å²) in [6.07, 6.45) is 0. The molecule has 0 unspecified atom stereocenters. The van der Waals surface area contributed by atoms with Crippen LogP contribution in [0.1, 0.15) is 23.6 Å². The number of benzene rings is 1. The number of hydrogen-bond donors (Lipinski definition) is 2. The summed E-state index contributed by atoms with van der Waals surface area (Å²) in [6, 6.07) is 5.66. The minimum Gasteiger partial charge on any atom is -0.459 e. The molecule has 0 saturated heterocycles. The Kier molecular flexibility index (Phi) is 4.60. The van der Waals surface area contributed by atoms with Gasteiger partial charge >= 0.3 is 11.9 Å². The average molecular weight is 302 g/mol. The maximum absolute atomic E-state index is 12.1. The molecule has 1 aromatic heterocycles. The van der Waals surface area contributed by atoms with Crippen LogP contribution in [0.15, 0.2) is 23.0 Å². The van der Waals surface area contributed by atoms with Crippen LogP contribution >= 0.6 is 0 Å². The number of aryl methyl sites for hydroxylation is 2. The van der Waals surface area contributed by atoms with Gasteiger partial charge in [-0.15, -0.1) is 0 Å². The van der Waals surface area contributed by atoms with Gasteiger partial charge in [0.25, 0.3) is 5.56 Å². The number of esters is 1. The van der Waals surface area contributed by atoms with Crippen molar-refractivity contribution in [2.45, 2.75) is 27.3 Å². The van der Waals surface area contributed by atoms with E-state index in [0.717, 1.165) is 22.0 Å². The van der Waals surface area contributed by atoms with Crippen LogP contribution in [0.3, 0.4) is 0 Å². The Morgan fingerprint density at radius 2 is 1.95 bits per heavy atom. The van der Waals surface area contributed by atoms with Gasteiger partial charge in [-0.2, -0.15) is 0 Å². The molecule has 2 aromatic rings. The van der Waals surface area contributed by atoms with Gasteiger partial charge in [0.2, 0.25) is 0 Å². The summed E-state index contributed by atoms with van der Waals surface area (Å²) in [5, 5.41) is 3.27. The van der Waals surface area contributed by atoms with Crippen molar-refractivity contribution in [2.75, 3.05) is 6.61 Å². The van der Waals surface area contributed by atoms with Crippen LogP contribution in [0.2, 0.25) is 0 Å². The molecular formula is C16H18N2O4. The maximum atomic E-state index is 12.1. The third-order valence-electron chi connectivity index (χ3n) is 3.27. The SMILES string of the molecule is CCOC(=O)C(=O)NCc1cc2cc(C)cc(C)c2[nH]c1=O. The number of nitrogens with one attached hydrogen (secondary N) is 2. The highest BCUT2D eigenvalue weighted by Gasteiger charge is 2.15. The zero-order chi connectivity index (χ0) is 16.3. The molecule has 0 atom stereocenters. The molecule has 0 saturated carbocycles. The summed E-state index contributed by atoms with van der Waals surface area (Å²) in [4.78, 5) is 37.6. The summed E-state index contributed by atoms with van der Waals surface area (Å²) in [6.45, 7) is 5.61. The van der Waals surface area contributed by atoms with Gasteiger partial charge in [-0.25, -0.2) is 4.79 Å². The van der Waals surface area contributed by atoms with Crippen LogP contribution in [0.4, 0.5) is 0 Å². The van der Waals surface area contributed by atoms with Gasteiger partial charge in [0, 0.05) is 12.1 Å². The second-order valence-electron chi connectivity index (χ2n) is 5.07. The molecule has 116 valence electrons. The molecule has 22 heavy (non-hydrogen) atoms. The predicted molar refractivity (Wildman–Crippen MR) is 82.5 cm³/mol. The van der Waals surface area contributed by atoms with Crippen molar-refractivity contribution in [3.63, 3.8) is 0 Å². The molecule has 0 aliphatic rings. The Morgan fingerprint density at radius 3 is 2.64 bits per heavy atom. The monoisotopic (exact) mass is 302 g/mol. The number of hydrogen-bond acceptors (Lipinski definition) is 4. The standard InChI is InChI=1S/C16H18N2O4/c1-4-22-16(21)15(20)17-8-12-7-11-6-9(2)5-10(3)13(11)18-14(12)19/h5-7H,4,8H2,1-3H3,(H,17,20)(H,18,19). The van der Waals surface area contributed by atoms with E-state index in [-0.39, 0.29) is 18.7 Å². The van der Waals surface area contributed by atoms with Gasteiger partial charge in [0.15, 0.2) is 0 Å². The fourth-order valence-corrected chi connectivity index (χ4v) is 2.31. The number of H-pyrrole nitrogens is 1. The molecule has 1 aromatic carbocycles. The van der Waals surface area contributed by atoms with Gasteiger partial charge in [-0.1, -0.05) is 11.6 Å². The van der Waals surface area contributed by atoms with E-state index < -0.39 is 11.9 Å². The second kappa shape index (κ2) is 6.43. The highest BCUT2D eigenvalue weighted by molar-refractivity contribution is 6.32. The topological polar surface area (TPSA) is 88.3 Å². The van der Waals surface area contributed by atoms with Crippen LogP contribution in [0.5, 0.6) is 0 Å². The van der Waals surface area contributed by atoms with E-state index in [1.807, 2.05) is 26.0 Å². The van der Waals surface area contributed by atoms with E-state index in [0.29, 0.717) is 5.56 Å². The molecule has 0 bridgehead atoms. The van der Waals surface area contributed by atoms with Gasteiger partial charge in [-0.3, -0.25) is 9.59 Å². The van der Waals surface area contributed by atoms with Gasteiger partial charge in [-0.05, 0) is 43.9 Å². The third kappa shape index (κ3) is 3.33. The molecule has 0 spiro atoms. The number of fused-ring (bicyclic) bond motifs is 1. The van der Waals surface area contributed by atoms with E-state index >= 15 is 0 Å². The summed E-state index contributed by atoms with van der Waals surface area (Å²) >= 11 is 0. The fraction of sp³-hybridized carbons (Fsp3) is 0.312. The van der Waals surface area contributed by atoms with Crippen molar-refractivity contribution in [3.8, 4) is 0 Å². The van der Waals surface area contributed by atoms with Crippen LogP contribution in [-0.4, -0.2) is 23.5 Å². The molecular weight excluding hydrogens is 284 g/mol. The van der Waals surface area contributed by atoms with E-state index in [2.05, 4.69) is 15.0 Å². The molecule has 0 fully saturated rings. The molecule has 0 aliphatic carbocycles. The number of amides is 1. The van der Waals surface area contributed by atoms with E-state index in [9.17, 15) is 14.4 Å². The number of carbonyl (C=O) groups is 2. The fourth-order valence-electron chi connectivity index (χ4n) is 2.31. The minimum atomic E-state index is -0.952. The van der Waals surface area contributed by atoms with E-state index in [1.54, 1.807) is 13.0 Å². The Bertz CT molecular complexity index is 793. The van der Waals surface area contributed by atoms with Gasteiger partial charge < -0.3 is 15.0 Å². The Labute approximate surface area is 127 Å². The number of ether oxygens (including phenoxy) is 1.